The molecule has 0 bridgehead atoms. The fourth-order valence-corrected chi connectivity index (χ4v) is 2.10. The van der Waals surface area contributed by atoms with E-state index in [1.165, 1.54) is 6.07 Å². The third kappa shape index (κ3) is 1.68. The Balaban J connectivity index is 2.21. The number of rotatable bonds is 2. The second-order valence-corrected chi connectivity index (χ2v) is 4.13. The van der Waals surface area contributed by atoms with Gasteiger partial charge in [0.1, 0.15) is 5.82 Å². The lowest BCUT2D eigenvalue weighted by molar-refractivity contribution is 0.631. The summed E-state index contributed by atoms with van der Waals surface area (Å²) in [5, 5.41) is 0. The minimum absolute atomic E-state index is 0.251. The lowest BCUT2D eigenvalue weighted by Gasteiger charge is -2.04. The quantitative estimate of drug-likeness (QED) is 0.667. The van der Waals surface area contributed by atoms with Gasteiger partial charge in [-0.05, 0) is 36.8 Å². The van der Waals surface area contributed by atoms with E-state index in [0.717, 1.165) is 23.1 Å². The average Bonchev–Trinajstić information content (AvgIpc) is 2.81. The van der Waals surface area contributed by atoms with Crippen molar-refractivity contribution in [2.75, 3.05) is 0 Å². The van der Waals surface area contributed by atoms with Crippen molar-refractivity contribution in [2.24, 2.45) is 0 Å². The summed E-state index contributed by atoms with van der Waals surface area (Å²) in [6.45, 7) is 2.91. The van der Waals surface area contributed by atoms with Crippen LogP contribution < -0.4 is 0 Å². The summed E-state index contributed by atoms with van der Waals surface area (Å²) in [4.78, 5) is 4.31. The van der Waals surface area contributed by atoms with Gasteiger partial charge in [-0.25, -0.2) is 9.37 Å². The molecule has 1 aromatic heterocycles. The topological polar surface area (TPSA) is 17.8 Å². The first-order valence-electron chi connectivity index (χ1n) is 5.91. The highest BCUT2D eigenvalue weighted by Crippen LogP contribution is 2.25. The zero-order valence-electron chi connectivity index (χ0n) is 10.0. The van der Waals surface area contributed by atoms with Gasteiger partial charge >= 0.3 is 0 Å². The molecule has 3 aromatic rings. The molecule has 0 N–H and O–H groups in total. The zero-order valence-corrected chi connectivity index (χ0v) is 10.0. The molecule has 89 valence electrons. The number of halogens is 1. The molecule has 0 aliphatic heterocycles. The fourth-order valence-electron chi connectivity index (χ4n) is 2.10. The summed E-state index contributed by atoms with van der Waals surface area (Å²) in [6.07, 6.45) is 1.81. The Kier molecular flexibility index (Phi) is 2.59. The van der Waals surface area contributed by atoms with E-state index in [4.69, 9.17) is 0 Å². The fraction of sp³-hybridized carbons (Fsp3) is 0.133. The second kappa shape index (κ2) is 4.26. The van der Waals surface area contributed by atoms with Crippen molar-refractivity contribution < 1.29 is 4.39 Å². The first-order chi connectivity index (χ1) is 8.79. The third-order valence-corrected chi connectivity index (χ3v) is 3.06. The highest BCUT2D eigenvalue weighted by molar-refractivity contribution is 5.82. The van der Waals surface area contributed by atoms with Gasteiger partial charge in [0.25, 0.3) is 0 Å². The van der Waals surface area contributed by atoms with Gasteiger partial charge in [0, 0.05) is 12.1 Å². The molecule has 0 unspecified atom stereocenters. The van der Waals surface area contributed by atoms with Crippen LogP contribution in [0, 0.1) is 11.9 Å². The van der Waals surface area contributed by atoms with Crippen LogP contribution in [-0.2, 0) is 6.54 Å². The van der Waals surface area contributed by atoms with Crippen LogP contribution in [0.3, 0.4) is 0 Å². The Morgan fingerprint density at radius 1 is 1.33 bits per heavy atom. The molecule has 2 nitrogen and oxygen atoms in total. The summed E-state index contributed by atoms with van der Waals surface area (Å²) in [5.74, 6) is -0.251. The SMILES string of the molecule is CCn1cnc2ccc(-c3[c]cccc3F)cc21. The smallest absolute Gasteiger partial charge is 0.131 e. The largest absolute Gasteiger partial charge is 0.331 e. The van der Waals surface area contributed by atoms with E-state index < -0.39 is 0 Å². The minimum atomic E-state index is -0.251. The van der Waals surface area contributed by atoms with Crippen molar-refractivity contribution in [1.82, 2.24) is 9.55 Å². The molecular formula is C15H12FN2. The van der Waals surface area contributed by atoms with Crippen LogP contribution >= 0.6 is 0 Å². The van der Waals surface area contributed by atoms with Crippen molar-refractivity contribution in [3.05, 3.63) is 54.6 Å². The molecule has 3 heteroatoms. The molecular weight excluding hydrogens is 227 g/mol. The van der Waals surface area contributed by atoms with Crippen molar-refractivity contribution >= 4 is 11.0 Å². The Hall–Kier alpha value is -2.16. The molecule has 0 amide bonds. The maximum Gasteiger partial charge on any atom is 0.131 e. The van der Waals surface area contributed by atoms with E-state index >= 15 is 0 Å². The van der Waals surface area contributed by atoms with Crippen molar-refractivity contribution in [2.45, 2.75) is 13.5 Å². The van der Waals surface area contributed by atoms with Crippen LogP contribution in [0.4, 0.5) is 4.39 Å². The molecule has 1 radical (unpaired) electrons. The Morgan fingerprint density at radius 2 is 2.22 bits per heavy atom. The van der Waals surface area contributed by atoms with Gasteiger partial charge in [-0.1, -0.05) is 18.2 Å². The number of hydrogen-bond donors (Lipinski definition) is 0. The van der Waals surface area contributed by atoms with Gasteiger partial charge in [0.2, 0.25) is 0 Å². The molecule has 0 saturated carbocycles. The van der Waals surface area contributed by atoms with Crippen molar-refractivity contribution in [3.63, 3.8) is 0 Å². The molecule has 2 aromatic carbocycles. The van der Waals surface area contributed by atoms with Gasteiger partial charge < -0.3 is 4.57 Å². The Labute approximate surface area is 105 Å². The molecule has 0 fully saturated rings. The number of aromatic nitrogens is 2. The Bertz CT molecular complexity index is 701. The van der Waals surface area contributed by atoms with E-state index in [1.54, 1.807) is 18.5 Å². The molecule has 0 saturated heterocycles. The summed E-state index contributed by atoms with van der Waals surface area (Å²) in [6, 6.07) is 13.5. The second-order valence-electron chi connectivity index (χ2n) is 4.13. The maximum absolute atomic E-state index is 13.7. The predicted molar refractivity (Wildman–Crippen MR) is 69.6 cm³/mol. The van der Waals surface area contributed by atoms with Crippen molar-refractivity contribution in [3.8, 4) is 11.1 Å². The van der Waals surface area contributed by atoms with Crippen LogP contribution in [-0.4, -0.2) is 9.55 Å². The highest BCUT2D eigenvalue weighted by Gasteiger charge is 2.07. The van der Waals surface area contributed by atoms with Crippen LogP contribution in [0.2, 0.25) is 0 Å². The number of imidazole rings is 1. The van der Waals surface area contributed by atoms with Gasteiger partial charge in [-0.3, -0.25) is 0 Å². The molecule has 18 heavy (non-hydrogen) atoms. The van der Waals surface area contributed by atoms with Gasteiger partial charge in [-0.2, -0.15) is 0 Å². The summed E-state index contributed by atoms with van der Waals surface area (Å²) in [5.41, 5.74) is 3.28. The number of aryl methyl sites for hydroxylation is 1. The average molecular weight is 239 g/mol. The van der Waals surface area contributed by atoms with Crippen LogP contribution in [0.1, 0.15) is 6.92 Å². The molecule has 0 aliphatic carbocycles. The van der Waals surface area contributed by atoms with E-state index in [2.05, 4.69) is 18.0 Å². The first-order valence-corrected chi connectivity index (χ1v) is 5.91. The third-order valence-electron chi connectivity index (χ3n) is 3.06. The monoisotopic (exact) mass is 239 g/mol. The zero-order chi connectivity index (χ0) is 12.5. The first kappa shape index (κ1) is 11.0. The molecule has 0 atom stereocenters. The lowest BCUT2D eigenvalue weighted by atomic mass is 10.0. The summed E-state index contributed by atoms with van der Waals surface area (Å²) < 4.78 is 15.8. The van der Waals surface area contributed by atoms with Gasteiger partial charge in [-0.15, -0.1) is 0 Å². The lowest BCUT2D eigenvalue weighted by Crippen LogP contribution is -1.91. The highest BCUT2D eigenvalue weighted by atomic mass is 19.1. The number of benzene rings is 2. The summed E-state index contributed by atoms with van der Waals surface area (Å²) in [7, 11) is 0. The van der Waals surface area contributed by atoms with E-state index in [1.807, 2.05) is 22.8 Å². The molecule has 3 rings (SSSR count). The Morgan fingerprint density at radius 3 is 3.00 bits per heavy atom. The number of nitrogens with zero attached hydrogens (tertiary/aromatic N) is 2. The van der Waals surface area contributed by atoms with Gasteiger partial charge in [0.05, 0.1) is 17.4 Å². The van der Waals surface area contributed by atoms with E-state index in [-0.39, 0.29) is 5.82 Å². The van der Waals surface area contributed by atoms with Crippen LogP contribution in [0.5, 0.6) is 0 Å². The van der Waals surface area contributed by atoms with Crippen molar-refractivity contribution in [1.29, 1.82) is 0 Å². The minimum Gasteiger partial charge on any atom is -0.331 e. The normalized spacial score (nSPS) is 11.0. The number of fused-ring (bicyclic) bond motifs is 1. The maximum atomic E-state index is 13.7. The molecule has 0 spiro atoms. The van der Waals surface area contributed by atoms with Gasteiger partial charge in [0.15, 0.2) is 0 Å². The van der Waals surface area contributed by atoms with Crippen LogP contribution in [0.15, 0.2) is 42.7 Å². The van der Waals surface area contributed by atoms with Crippen LogP contribution in [0.25, 0.3) is 22.2 Å². The van der Waals surface area contributed by atoms with E-state index in [9.17, 15) is 4.39 Å². The predicted octanol–water partition coefficient (Wildman–Crippen LogP) is 3.66. The molecule has 1 heterocycles. The van der Waals surface area contributed by atoms with E-state index in [0.29, 0.717) is 5.56 Å². The standard InChI is InChI=1S/C15H12FN2/c1-2-18-10-17-14-8-7-11(9-15(14)18)12-5-3-4-6-13(12)16/h3-4,6-10H,2H2,1H3. The molecule has 0 aliphatic rings. The number of hydrogen-bond acceptors (Lipinski definition) is 1. The summed E-state index contributed by atoms with van der Waals surface area (Å²) >= 11 is 0.